The number of rotatable bonds is 16. The molecule has 6 rings (SSSR count). The number of fused-ring (bicyclic) bond motifs is 2. The van der Waals surface area contributed by atoms with E-state index < -0.39 is 0 Å². The van der Waals surface area contributed by atoms with E-state index in [2.05, 4.69) is 54.7 Å². The molecule has 11 nitrogen and oxygen atoms in total. The molecule has 0 aliphatic carbocycles. The maximum absolute atomic E-state index is 11.7. The van der Waals surface area contributed by atoms with Gasteiger partial charge in [0.2, 0.25) is 0 Å². The third-order valence-corrected chi connectivity index (χ3v) is 9.43. The summed E-state index contributed by atoms with van der Waals surface area (Å²) in [5, 5.41) is 20.7. The van der Waals surface area contributed by atoms with Gasteiger partial charge >= 0.3 is 41.5 Å². The fourth-order valence-electron chi connectivity index (χ4n) is 5.83. The molecule has 2 aliphatic rings. The molecule has 4 aromatic carbocycles. The quantitative estimate of drug-likeness (QED) is 0.0713. The molecule has 0 bridgehead atoms. The molecule has 1 N–H and O–H groups in total. The molecule has 14 heteroatoms. The first kappa shape index (κ1) is 50.7. The van der Waals surface area contributed by atoms with E-state index in [-0.39, 0.29) is 77.6 Å². The summed E-state index contributed by atoms with van der Waals surface area (Å²) in [5.41, 5.74) is 1.24. The molecule has 0 unspecified atom stereocenters. The molecule has 2 aliphatic heterocycles. The minimum atomic E-state index is -0.317. The van der Waals surface area contributed by atoms with E-state index in [4.69, 9.17) is 31.8 Å². The van der Waals surface area contributed by atoms with Crippen LogP contribution >= 0.6 is 0 Å². The first-order valence-corrected chi connectivity index (χ1v) is 18.9. The number of hydrogen-bond acceptors (Lipinski definition) is 13. The fraction of sp³-hybridized carbons (Fsp3) is 0.395. The van der Waals surface area contributed by atoms with Crippen LogP contribution in [0.25, 0.3) is 21.5 Å². The third-order valence-electron chi connectivity index (χ3n) is 9.43. The van der Waals surface area contributed by atoms with Crippen LogP contribution < -0.4 is 39.0 Å². The zero-order valence-electron chi connectivity index (χ0n) is 32.4. The molecule has 0 spiro atoms. The van der Waals surface area contributed by atoms with Crippen molar-refractivity contribution in [1.82, 2.24) is 0 Å². The predicted octanol–water partition coefficient (Wildman–Crippen LogP) is 6.38. The van der Waals surface area contributed by atoms with E-state index in [1.807, 2.05) is 86.6 Å². The van der Waals surface area contributed by atoms with Crippen molar-refractivity contribution in [3.63, 3.8) is 0 Å². The average molecular weight is 821 g/mol. The summed E-state index contributed by atoms with van der Waals surface area (Å²) in [4.78, 5) is 23.4. The van der Waals surface area contributed by atoms with E-state index in [1.54, 1.807) is 0 Å². The molecular weight excluding hydrogens is 772 g/mol. The molecule has 0 amide bonds. The number of benzene rings is 4. The zero-order chi connectivity index (χ0) is 39.1. The Labute approximate surface area is 368 Å². The number of nitrogens with zero attached hydrogens (tertiary/aromatic N) is 4. The summed E-state index contributed by atoms with van der Waals surface area (Å²) in [5.74, 6) is 5.81. The van der Waals surface area contributed by atoms with Crippen LogP contribution in [-0.2, 0) is 41.4 Å². The zero-order valence-corrected chi connectivity index (χ0v) is 36.0. The topological polar surface area (TPSA) is 150 Å². The number of carbonyl (C=O) groups excluding carboxylic acids is 2. The fourth-order valence-corrected chi connectivity index (χ4v) is 5.83. The minimum Gasteiger partial charge on any atom is -0.870 e. The maximum Gasteiger partial charge on any atom is 1.00 e. The number of hydrogen-bond donors (Lipinski definition) is 0. The molecule has 4 aromatic rings. The van der Waals surface area contributed by atoms with Gasteiger partial charge < -0.3 is 24.4 Å². The molecule has 0 fully saturated rings. The van der Waals surface area contributed by atoms with Gasteiger partial charge in [-0.25, -0.2) is 0 Å². The average Bonchev–Trinajstić information content (AvgIpc) is 4.16. The monoisotopic (exact) mass is 820 g/mol. The Bertz CT molecular complexity index is 1940. The summed E-state index contributed by atoms with van der Waals surface area (Å²) in [6.45, 7) is 4.77. The molecule has 2 heterocycles. The molecular formula is C43H49N4NaO7S2. The van der Waals surface area contributed by atoms with Gasteiger partial charge in [-0.1, -0.05) is 56.0 Å². The second kappa shape index (κ2) is 24.4. The predicted molar refractivity (Wildman–Crippen MR) is 224 cm³/mol. The second-order valence-corrected chi connectivity index (χ2v) is 13.0. The van der Waals surface area contributed by atoms with Gasteiger partial charge in [-0.3, -0.25) is 9.59 Å². The van der Waals surface area contributed by atoms with Crippen molar-refractivity contribution >= 4 is 55.9 Å². The summed E-state index contributed by atoms with van der Waals surface area (Å²) in [7, 11) is 2.81. The van der Waals surface area contributed by atoms with Gasteiger partial charge in [0, 0.05) is 60.9 Å². The number of methoxy groups -OCH3 is 2. The largest absolute Gasteiger partial charge is 1.00 e. The third kappa shape index (κ3) is 14.5. The van der Waals surface area contributed by atoms with Crippen molar-refractivity contribution in [2.75, 3.05) is 27.4 Å². The molecule has 0 aromatic heterocycles. The Morgan fingerprint density at radius 2 is 0.965 bits per heavy atom. The first-order chi connectivity index (χ1) is 26.1. The molecule has 57 heavy (non-hydrogen) atoms. The van der Waals surface area contributed by atoms with Crippen molar-refractivity contribution in [2.45, 2.75) is 83.0 Å². The van der Waals surface area contributed by atoms with E-state index in [9.17, 15) is 9.59 Å². The molecule has 2 atom stereocenters. The Kier molecular flexibility index (Phi) is 21.7. The van der Waals surface area contributed by atoms with Crippen LogP contribution in [0.5, 0.6) is 11.5 Å². The van der Waals surface area contributed by atoms with Crippen LogP contribution in [-0.4, -0.2) is 56.2 Å². The SMILES string of the molecule is C.C#CCCC1(CCOc2ccc3cc([C@H](C)C(=O)OC)ccc3c2)N=N1.C#CCCC1(CCOc2ccc3cc([C@H](C)C(=O)OC)ccc3c2)N=N1.S=S.[Na+].[OH-]. The van der Waals surface area contributed by atoms with Crippen LogP contribution in [0.3, 0.4) is 0 Å². The van der Waals surface area contributed by atoms with E-state index >= 15 is 0 Å². The molecule has 0 saturated carbocycles. The number of esters is 2. The second-order valence-electron chi connectivity index (χ2n) is 13.0. The van der Waals surface area contributed by atoms with Crippen LogP contribution in [0.2, 0.25) is 0 Å². The van der Waals surface area contributed by atoms with Gasteiger partial charge in [-0.15, -0.1) is 24.7 Å². The summed E-state index contributed by atoms with van der Waals surface area (Å²) in [6, 6.07) is 23.8. The smallest absolute Gasteiger partial charge is 0.870 e. The van der Waals surface area contributed by atoms with Gasteiger partial charge in [0.05, 0.1) is 39.3 Å². The van der Waals surface area contributed by atoms with Crippen molar-refractivity contribution in [3.8, 4) is 36.2 Å². The van der Waals surface area contributed by atoms with Gasteiger partial charge in [-0.2, -0.15) is 20.5 Å². The Balaban J connectivity index is 0.000000520. The van der Waals surface area contributed by atoms with Gasteiger partial charge in [0.1, 0.15) is 11.5 Å². The van der Waals surface area contributed by atoms with E-state index in [0.29, 0.717) is 26.1 Å². The van der Waals surface area contributed by atoms with Crippen molar-refractivity contribution in [3.05, 3.63) is 83.9 Å². The van der Waals surface area contributed by atoms with Gasteiger partial charge in [-0.05, 0) is 70.8 Å². The van der Waals surface area contributed by atoms with E-state index in [1.165, 1.54) is 14.2 Å². The minimum absolute atomic E-state index is 0. The molecule has 0 saturated heterocycles. The Morgan fingerprint density at radius 3 is 1.28 bits per heavy atom. The Morgan fingerprint density at radius 1 is 0.632 bits per heavy atom. The summed E-state index contributed by atoms with van der Waals surface area (Å²) < 4.78 is 21.3. The Hall–Kier alpha value is -4.34. The number of terminal acetylenes is 2. The van der Waals surface area contributed by atoms with Crippen LogP contribution in [0.1, 0.15) is 82.8 Å². The number of carbonyl (C=O) groups is 2. The normalized spacial score (nSPS) is 14.0. The van der Waals surface area contributed by atoms with Crippen LogP contribution in [0, 0.1) is 24.7 Å². The van der Waals surface area contributed by atoms with Crippen molar-refractivity contribution in [1.29, 1.82) is 0 Å². The number of ether oxygens (including phenoxy) is 4. The van der Waals surface area contributed by atoms with Crippen molar-refractivity contribution < 1.29 is 63.6 Å². The molecule has 0 radical (unpaired) electrons. The van der Waals surface area contributed by atoms with Gasteiger partial charge in [0.15, 0.2) is 11.3 Å². The van der Waals surface area contributed by atoms with Crippen LogP contribution in [0.15, 0.2) is 93.3 Å². The van der Waals surface area contributed by atoms with Crippen LogP contribution in [0.4, 0.5) is 0 Å². The maximum atomic E-state index is 11.7. The summed E-state index contributed by atoms with van der Waals surface area (Å²) in [6.07, 6.45) is 15.0. The summed E-state index contributed by atoms with van der Waals surface area (Å²) >= 11 is 7.33. The first-order valence-electron chi connectivity index (χ1n) is 17.5. The van der Waals surface area contributed by atoms with E-state index in [0.717, 1.165) is 69.9 Å². The van der Waals surface area contributed by atoms with Crippen molar-refractivity contribution in [2.24, 2.45) is 20.5 Å². The van der Waals surface area contributed by atoms with Gasteiger partial charge in [0.25, 0.3) is 0 Å². The molecule has 296 valence electrons. The standard InChI is InChI=1S/2C21H22N2O3.CH4.Na.H2O.S2/c2*1-4-5-10-21(22-23-21)11-12-26-19-9-8-17-13-16(6-7-18(17)14-19)15(2)20(24)25-3;;;;1-2/h2*1,6-9,13-15H,5,10-12H2,2-3H3;1H4;;1H2;/q;;;+1;;/p-1/t2*15-;;;;/m00..../s1.